The van der Waals surface area contributed by atoms with E-state index in [0.29, 0.717) is 5.92 Å². The molecule has 0 radical (unpaired) electrons. The van der Waals surface area contributed by atoms with Crippen LogP contribution >= 0.6 is 0 Å². The molecular weight excluding hydrogens is 253 g/mol. The Kier molecular flexibility index (Phi) is 1.75. The molecule has 58 valence electrons. The second kappa shape index (κ2) is 2.62. The molecule has 0 aromatic carbocycles. The van der Waals surface area contributed by atoms with Gasteiger partial charge in [0.05, 0.1) is 12.5 Å². The number of carbonyl (C=O) groups is 1. The summed E-state index contributed by atoms with van der Waals surface area (Å²) in [5, 5.41) is 0. The quantitative estimate of drug-likeness (QED) is 0.346. The monoisotopic (exact) mass is 262 g/mol. The Labute approximate surface area is 79.4 Å². The number of carbonyl (C=O) groups excluding carboxylic acids is 1. The van der Waals surface area contributed by atoms with Gasteiger partial charge in [0.2, 0.25) is 0 Å². The lowest BCUT2D eigenvalue weighted by Gasteiger charge is -2.09. The Bertz CT molecular complexity index is 246. The van der Waals surface area contributed by atoms with Crippen molar-refractivity contribution in [1.82, 2.24) is 3.11 Å². The minimum atomic E-state index is 0.132. The van der Waals surface area contributed by atoms with Crippen LogP contribution in [0.4, 0.5) is 0 Å². The van der Waals surface area contributed by atoms with E-state index in [0.717, 1.165) is 6.54 Å². The number of hydrogen-bond acceptors (Lipinski definition) is 1. The Hall–Kier alpha value is -0.320. The van der Waals surface area contributed by atoms with Gasteiger partial charge >= 0.3 is 22.9 Å². The van der Waals surface area contributed by atoms with Gasteiger partial charge in [-0.2, -0.15) is 0 Å². The second-order valence-corrected chi connectivity index (χ2v) is 4.12. The molecule has 1 aliphatic carbocycles. The first-order valence-corrected chi connectivity index (χ1v) is 4.67. The second-order valence-electron chi connectivity index (χ2n) is 2.86. The van der Waals surface area contributed by atoms with Gasteiger partial charge in [-0.1, -0.05) is 24.3 Å². The first-order chi connectivity index (χ1) is 5.29. The van der Waals surface area contributed by atoms with Gasteiger partial charge in [0, 0.05) is 5.92 Å². The molecule has 2 nitrogen and oxygen atoms in total. The molecule has 1 amide bonds. The van der Waals surface area contributed by atoms with Crippen LogP contribution < -0.4 is 22.9 Å². The largest absolute Gasteiger partial charge is 0.407 e. The van der Waals surface area contributed by atoms with Crippen LogP contribution in [0.15, 0.2) is 24.3 Å². The fourth-order valence-electron chi connectivity index (χ4n) is 1.54. The Morgan fingerprint density at radius 2 is 2.18 bits per heavy atom. The highest BCUT2D eigenvalue weighted by Crippen LogP contribution is 2.26. The summed E-state index contributed by atoms with van der Waals surface area (Å²) < 4.78 is 1.81. The van der Waals surface area contributed by atoms with E-state index < -0.39 is 0 Å². The topological polar surface area (TPSA) is 20.3 Å². The molecule has 0 aromatic heterocycles. The van der Waals surface area contributed by atoms with Crippen molar-refractivity contribution >= 4 is 5.91 Å². The molecule has 0 aromatic rings. The zero-order valence-electron chi connectivity index (χ0n) is 5.93. The van der Waals surface area contributed by atoms with Crippen LogP contribution in [0.25, 0.3) is 0 Å². The highest BCUT2D eigenvalue weighted by atomic mass is 127. The predicted molar refractivity (Wildman–Crippen MR) is 38.4 cm³/mol. The van der Waals surface area contributed by atoms with E-state index in [2.05, 4.69) is 6.08 Å². The van der Waals surface area contributed by atoms with Gasteiger partial charge in [-0.05, 0) is 0 Å². The van der Waals surface area contributed by atoms with Crippen LogP contribution in [0.3, 0.4) is 0 Å². The number of allylic oxidation sites excluding steroid dienone is 2. The van der Waals surface area contributed by atoms with Crippen molar-refractivity contribution in [2.24, 2.45) is 11.8 Å². The van der Waals surface area contributed by atoms with Crippen molar-refractivity contribution < 1.29 is 27.7 Å². The lowest BCUT2D eigenvalue weighted by atomic mass is 9.92. The lowest BCUT2D eigenvalue weighted by molar-refractivity contribution is -0.547. The summed E-state index contributed by atoms with van der Waals surface area (Å²) in [6.07, 6.45) is 8.10. The number of hydrogen-bond donors (Lipinski definition) is 0. The number of halogens is 1. The number of amides is 1. The third-order valence-corrected chi connectivity index (χ3v) is 3.10. The van der Waals surface area contributed by atoms with Crippen LogP contribution in [-0.4, -0.2) is 15.6 Å². The molecule has 1 aliphatic heterocycles. The maximum absolute atomic E-state index is 11.4. The van der Waals surface area contributed by atoms with E-state index in [1.807, 2.05) is 21.3 Å². The summed E-state index contributed by atoms with van der Waals surface area (Å²) in [4.78, 5) is 11.4. The van der Waals surface area contributed by atoms with Crippen LogP contribution in [0.2, 0.25) is 0 Å². The maximum atomic E-state index is 11.4. The van der Waals surface area contributed by atoms with Crippen molar-refractivity contribution in [3.63, 3.8) is 0 Å². The molecule has 2 rings (SSSR count). The van der Waals surface area contributed by atoms with Gasteiger partial charge in [0.25, 0.3) is 5.91 Å². The summed E-state index contributed by atoms with van der Waals surface area (Å²) in [5.41, 5.74) is 0. The zero-order valence-corrected chi connectivity index (χ0v) is 8.27. The van der Waals surface area contributed by atoms with Crippen LogP contribution in [0, 0.1) is 11.8 Å². The third kappa shape index (κ3) is 1.11. The molecule has 1 saturated heterocycles. The van der Waals surface area contributed by atoms with Gasteiger partial charge in [0.15, 0.2) is 0 Å². The van der Waals surface area contributed by atoms with E-state index >= 15 is 0 Å². The van der Waals surface area contributed by atoms with Crippen molar-refractivity contribution in [3.05, 3.63) is 24.3 Å². The van der Waals surface area contributed by atoms with Crippen molar-refractivity contribution in [2.75, 3.05) is 6.54 Å². The maximum Gasteiger partial charge on any atom is 0.407 e. The lowest BCUT2D eigenvalue weighted by Crippen LogP contribution is -3.41. The normalized spacial score (nSPS) is 34.6. The van der Waals surface area contributed by atoms with Crippen molar-refractivity contribution in [3.8, 4) is 0 Å². The van der Waals surface area contributed by atoms with Crippen LogP contribution in [0.1, 0.15) is 0 Å². The average Bonchev–Trinajstić information content (AvgIpc) is 2.30. The number of nitrogens with zero attached hydrogens (tertiary/aromatic N) is 1. The Morgan fingerprint density at radius 3 is 2.91 bits per heavy atom. The zero-order chi connectivity index (χ0) is 7.84. The summed E-state index contributed by atoms with van der Waals surface area (Å²) in [7, 11) is 0. The molecule has 2 aliphatic rings. The van der Waals surface area contributed by atoms with Crippen molar-refractivity contribution in [2.45, 2.75) is 0 Å². The average molecular weight is 262 g/mol. The fourth-order valence-corrected chi connectivity index (χ4v) is 2.38. The molecule has 0 N–H and O–H groups in total. The van der Waals surface area contributed by atoms with Crippen molar-refractivity contribution in [1.29, 1.82) is 0 Å². The first kappa shape index (κ1) is 7.34. The third-order valence-electron chi connectivity index (χ3n) is 2.16. The molecule has 11 heavy (non-hydrogen) atoms. The van der Waals surface area contributed by atoms with E-state index in [9.17, 15) is 4.79 Å². The van der Waals surface area contributed by atoms with Gasteiger partial charge in [-0.25, -0.2) is 0 Å². The molecule has 1 heterocycles. The van der Waals surface area contributed by atoms with Gasteiger partial charge < -0.3 is 0 Å². The van der Waals surface area contributed by atoms with E-state index in [1.54, 1.807) is 22.9 Å². The fraction of sp³-hybridized carbons (Fsp3) is 0.375. The molecular formula is C8H9INO+. The standard InChI is InChI=1S/C8H9INO/c9-10-5-6-3-1-2-4-7(6)8(10)11/h1-4,6-7,9H,5H2/q+1/t6-,7?/m0/s1. The predicted octanol–water partition coefficient (Wildman–Crippen LogP) is -2.61. The Balaban J connectivity index is 2.27. The van der Waals surface area contributed by atoms with Gasteiger partial charge in [0.1, 0.15) is 0 Å². The summed E-state index contributed by atoms with van der Waals surface area (Å²) in [6.45, 7) is 0.884. The summed E-state index contributed by atoms with van der Waals surface area (Å²) >= 11 is 1.79. The number of fused-ring (bicyclic) bond motifs is 1. The first-order valence-electron chi connectivity index (χ1n) is 3.62. The van der Waals surface area contributed by atoms with Crippen LogP contribution in [-0.2, 0) is 4.79 Å². The highest BCUT2D eigenvalue weighted by molar-refractivity contribution is 5.82. The van der Waals surface area contributed by atoms with E-state index in [4.69, 9.17) is 0 Å². The number of rotatable bonds is 0. The Morgan fingerprint density at radius 1 is 1.45 bits per heavy atom. The molecule has 0 saturated carbocycles. The molecule has 1 unspecified atom stereocenters. The molecule has 0 spiro atoms. The smallest absolute Gasteiger partial charge is 0.270 e. The van der Waals surface area contributed by atoms with Crippen LogP contribution in [0.5, 0.6) is 0 Å². The highest BCUT2D eigenvalue weighted by Gasteiger charge is 2.40. The SMILES string of the molecule is O=C1C2C=CC=C[C@H]2CN1[IH+]. The van der Waals surface area contributed by atoms with Gasteiger partial charge in [-0.15, -0.1) is 3.11 Å². The van der Waals surface area contributed by atoms with E-state index in [-0.39, 0.29) is 11.8 Å². The summed E-state index contributed by atoms with van der Waals surface area (Å²) in [6, 6.07) is 0. The van der Waals surface area contributed by atoms with Gasteiger partial charge in [-0.3, -0.25) is 4.79 Å². The summed E-state index contributed by atoms with van der Waals surface area (Å²) in [5.74, 6) is 0.827. The minimum absolute atomic E-state index is 0.132. The molecule has 1 fully saturated rings. The molecule has 2 atom stereocenters. The van der Waals surface area contributed by atoms with E-state index in [1.165, 1.54) is 0 Å². The molecule has 0 bridgehead atoms. The minimum Gasteiger partial charge on any atom is -0.270 e. The molecule has 3 heteroatoms.